The van der Waals surface area contributed by atoms with Crippen LogP contribution >= 0.6 is 0 Å². The van der Waals surface area contributed by atoms with E-state index in [1.807, 2.05) is 38.1 Å². The molecule has 3 aromatic rings. The lowest BCUT2D eigenvalue weighted by Crippen LogP contribution is -1.99. The molecule has 0 radical (unpaired) electrons. The summed E-state index contributed by atoms with van der Waals surface area (Å²) in [6.07, 6.45) is 0.778. The first-order chi connectivity index (χ1) is 11.2. The number of hydrogen-bond donors (Lipinski definition) is 0. The lowest BCUT2D eigenvalue weighted by molar-refractivity contribution is 0.111. The van der Waals surface area contributed by atoms with Gasteiger partial charge in [-0.1, -0.05) is 0 Å². The van der Waals surface area contributed by atoms with Crippen molar-refractivity contribution < 1.29 is 9.53 Å². The van der Waals surface area contributed by atoms with Gasteiger partial charge in [0.1, 0.15) is 28.9 Å². The summed E-state index contributed by atoms with van der Waals surface area (Å²) in [5, 5.41) is 9.16. The largest absolute Gasteiger partial charge is 0.494 e. The Labute approximate surface area is 133 Å². The zero-order valence-electron chi connectivity index (χ0n) is 12.9. The fraction of sp³-hybridized carbons (Fsp3) is 0.167. The summed E-state index contributed by atoms with van der Waals surface area (Å²) in [7, 11) is 0. The number of carbonyl (C=O) groups is 1. The van der Waals surface area contributed by atoms with Gasteiger partial charge in [-0.15, -0.1) is 0 Å². The minimum Gasteiger partial charge on any atom is -0.494 e. The molecule has 3 rings (SSSR count). The fourth-order valence-corrected chi connectivity index (χ4v) is 2.63. The number of ether oxygens (including phenoxy) is 1. The maximum atomic E-state index is 11.6. The zero-order valence-corrected chi connectivity index (χ0v) is 12.9. The minimum absolute atomic E-state index is 0.443. The Morgan fingerprint density at radius 3 is 2.61 bits per heavy atom. The molecule has 0 spiro atoms. The molecule has 0 saturated carbocycles. The number of nitrogens with zero attached hydrogens (tertiary/aromatic N) is 3. The number of carbonyl (C=O) groups excluding carboxylic acids is 1. The number of rotatable bonds is 4. The van der Waals surface area contributed by atoms with E-state index >= 15 is 0 Å². The number of fused-ring (bicyclic) bond motifs is 1. The van der Waals surface area contributed by atoms with Crippen LogP contribution in [0.5, 0.6) is 5.75 Å². The van der Waals surface area contributed by atoms with Gasteiger partial charge in [-0.2, -0.15) is 5.26 Å². The molecule has 0 aliphatic rings. The van der Waals surface area contributed by atoms with Gasteiger partial charge in [0, 0.05) is 11.3 Å². The van der Waals surface area contributed by atoms with E-state index in [0.29, 0.717) is 34.9 Å². The molecule has 0 saturated heterocycles. The first-order valence-corrected chi connectivity index (χ1v) is 7.30. The average molecular weight is 305 g/mol. The second-order valence-corrected chi connectivity index (χ2v) is 5.06. The molecule has 2 aromatic heterocycles. The number of benzene rings is 1. The molecule has 0 aliphatic carbocycles. The van der Waals surface area contributed by atoms with E-state index in [4.69, 9.17) is 10.00 Å². The van der Waals surface area contributed by atoms with E-state index in [2.05, 4.69) is 11.1 Å². The molecule has 1 aromatic carbocycles. The Hall–Kier alpha value is -3.13. The maximum absolute atomic E-state index is 11.6. The van der Waals surface area contributed by atoms with Crippen LogP contribution in [0.2, 0.25) is 0 Å². The number of hydrogen-bond acceptors (Lipinski definition) is 4. The maximum Gasteiger partial charge on any atom is 0.169 e. The molecular formula is C18H15N3O2. The van der Waals surface area contributed by atoms with Crippen molar-refractivity contribution in [2.75, 3.05) is 6.61 Å². The van der Waals surface area contributed by atoms with Crippen LogP contribution in [0.25, 0.3) is 16.9 Å². The molecule has 0 atom stereocenters. The van der Waals surface area contributed by atoms with Crippen LogP contribution in [0.3, 0.4) is 0 Å². The van der Waals surface area contributed by atoms with Crippen LogP contribution in [0.1, 0.15) is 28.7 Å². The third-order valence-electron chi connectivity index (χ3n) is 3.73. The fourth-order valence-electron chi connectivity index (χ4n) is 2.63. The molecular weight excluding hydrogens is 290 g/mol. The Kier molecular flexibility index (Phi) is 3.82. The molecule has 0 fully saturated rings. The molecule has 0 bridgehead atoms. The van der Waals surface area contributed by atoms with Gasteiger partial charge in [-0.25, -0.2) is 4.98 Å². The molecule has 0 N–H and O–H groups in total. The first kappa shape index (κ1) is 14.8. The highest BCUT2D eigenvalue weighted by atomic mass is 16.5. The van der Waals surface area contributed by atoms with Crippen molar-refractivity contribution in [3.05, 3.63) is 53.3 Å². The zero-order chi connectivity index (χ0) is 16.4. The van der Waals surface area contributed by atoms with E-state index in [9.17, 15) is 4.79 Å². The smallest absolute Gasteiger partial charge is 0.169 e. The first-order valence-electron chi connectivity index (χ1n) is 7.30. The van der Waals surface area contributed by atoms with Crippen molar-refractivity contribution in [3.8, 4) is 23.1 Å². The lowest BCUT2D eigenvalue weighted by Gasteiger charge is -2.05. The number of imidazole rings is 1. The SMILES string of the molecule is CCOc1ccc(-c2nc3ccc(C#N)c(C)n3c2C=O)cc1. The van der Waals surface area contributed by atoms with Crippen molar-refractivity contribution in [3.63, 3.8) is 0 Å². The predicted molar refractivity (Wildman–Crippen MR) is 86.6 cm³/mol. The van der Waals surface area contributed by atoms with Crippen LogP contribution in [0.4, 0.5) is 0 Å². The highest BCUT2D eigenvalue weighted by Crippen LogP contribution is 2.27. The van der Waals surface area contributed by atoms with Gasteiger partial charge < -0.3 is 4.74 Å². The topological polar surface area (TPSA) is 67.4 Å². The van der Waals surface area contributed by atoms with Gasteiger partial charge >= 0.3 is 0 Å². The summed E-state index contributed by atoms with van der Waals surface area (Å²) in [5.41, 5.74) is 3.75. The second kappa shape index (κ2) is 5.93. The van der Waals surface area contributed by atoms with Gasteiger partial charge in [-0.05, 0) is 50.2 Å². The van der Waals surface area contributed by atoms with Gasteiger partial charge in [0.15, 0.2) is 6.29 Å². The Morgan fingerprint density at radius 2 is 2.00 bits per heavy atom. The van der Waals surface area contributed by atoms with Gasteiger partial charge in [0.05, 0.1) is 12.2 Å². The Bertz CT molecular complexity index is 918. The Balaban J connectivity index is 2.20. The highest BCUT2D eigenvalue weighted by Gasteiger charge is 2.16. The molecule has 114 valence electrons. The van der Waals surface area contributed by atoms with Crippen LogP contribution in [0.15, 0.2) is 36.4 Å². The van der Waals surface area contributed by atoms with Gasteiger partial charge in [0.2, 0.25) is 0 Å². The predicted octanol–water partition coefficient (Wildman–Crippen LogP) is 3.39. The third kappa shape index (κ3) is 2.44. The number of aromatic nitrogens is 2. The summed E-state index contributed by atoms with van der Waals surface area (Å²) >= 11 is 0. The molecule has 23 heavy (non-hydrogen) atoms. The number of aryl methyl sites for hydroxylation is 1. The van der Waals surface area contributed by atoms with Crippen LogP contribution in [-0.4, -0.2) is 22.3 Å². The van der Waals surface area contributed by atoms with Crippen molar-refractivity contribution in [2.45, 2.75) is 13.8 Å². The average Bonchev–Trinajstić information content (AvgIpc) is 2.95. The van der Waals surface area contributed by atoms with Crippen molar-refractivity contribution in [1.82, 2.24) is 9.38 Å². The summed E-state index contributed by atoms with van der Waals surface area (Å²) in [5.74, 6) is 0.774. The summed E-state index contributed by atoms with van der Waals surface area (Å²) < 4.78 is 7.15. The normalized spacial score (nSPS) is 10.5. The molecule has 2 heterocycles. The van der Waals surface area contributed by atoms with Crippen LogP contribution in [0, 0.1) is 18.3 Å². The standard InChI is InChI=1S/C18H15N3O2/c1-3-23-15-7-4-13(5-8-15)18-16(11-22)21-12(2)14(10-19)6-9-17(21)20-18/h4-9,11H,3H2,1-2H3. The summed E-state index contributed by atoms with van der Waals surface area (Å²) in [6, 6.07) is 13.0. The van der Waals surface area contributed by atoms with Gasteiger partial charge in [-0.3, -0.25) is 9.20 Å². The molecule has 5 nitrogen and oxygen atoms in total. The van der Waals surface area contributed by atoms with Crippen LogP contribution in [-0.2, 0) is 0 Å². The van der Waals surface area contributed by atoms with Crippen molar-refractivity contribution in [1.29, 1.82) is 5.26 Å². The number of aldehydes is 1. The Morgan fingerprint density at radius 1 is 1.26 bits per heavy atom. The molecule has 0 unspecified atom stereocenters. The molecule has 0 amide bonds. The monoisotopic (exact) mass is 305 g/mol. The van der Waals surface area contributed by atoms with E-state index in [-0.39, 0.29) is 0 Å². The number of nitriles is 1. The van der Waals surface area contributed by atoms with E-state index < -0.39 is 0 Å². The third-order valence-corrected chi connectivity index (χ3v) is 3.73. The van der Waals surface area contributed by atoms with E-state index in [1.54, 1.807) is 16.5 Å². The quantitative estimate of drug-likeness (QED) is 0.693. The van der Waals surface area contributed by atoms with Crippen LogP contribution < -0.4 is 4.74 Å². The summed E-state index contributed by atoms with van der Waals surface area (Å²) in [6.45, 7) is 4.34. The molecule has 5 heteroatoms. The highest BCUT2D eigenvalue weighted by molar-refractivity contribution is 5.86. The molecule has 0 aliphatic heterocycles. The minimum atomic E-state index is 0.443. The second-order valence-electron chi connectivity index (χ2n) is 5.06. The summed E-state index contributed by atoms with van der Waals surface area (Å²) in [4.78, 5) is 16.2. The number of pyridine rings is 1. The van der Waals surface area contributed by atoms with E-state index in [1.165, 1.54) is 0 Å². The van der Waals surface area contributed by atoms with Crippen molar-refractivity contribution in [2.24, 2.45) is 0 Å². The lowest BCUT2D eigenvalue weighted by atomic mass is 10.1. The van der Waals surface area contributed by atoms with Gasteiger partial charge in [0.25, 0.3) is 0 Å². The van der Waals surface area contributed by atoms with E-state index in [0.717, 1.165) is 17.6 Å². The van der Waals surface area contributed by atoms with Crippen molar-refractivity contribution >= 4 is 11.9 Å².